The molecule has 84 valence electrons. The fourth-order valence-corrected chi connectivity index (χ4v) is 0.985. The number of nitrogens with two attached hydrogens (primary N) is 2. The molecule has 1 aromatic rings. The predicted octanol–water partition coefficient (Wildman–Crippen LogP) is 0.675. The maximum Gasteiger partial charge on any atom is 0.163 e. The Morgan fingerprint density at radius 1 is 1.56 bits per heavy atom. The highest BCUT2D eigenvalue weighted by Crippen LogP contribution is 2.12. The van der Waals surface area contributed by atoms with E-state index in [1.54, 1.807) is 18.5 Å². The van der Waals surface area contributed by atoms with Gasteiger partial charge in [-0.3, -0.25) is 5.10 Å². The van der Waals surface area contributed by atoms with Gasteiger partial charge in [0.25, 0.3) is 0 Å². The summed E-state index contributed by atoms with van der Waals surface area (Å²) in [6, 6.07) is 0. The highest BCUT2D eigenvalue weighted by molar-refractivity contribution is 5.74. The van der Waals surface area contributed by atoms with Gasteiger partial charge in [0.2, 0.25) is 0 Å². The minimum atomic E-state index is 0.637. The second kappa shape index (κ2) is 7.26. The number of aliphatic imine (C=N–C) groups is 1. The fraction of sp³-hybridized carbons (Fsp3) is 0.273. The SMILES string of the molecule is NC=CC=Nc1[nH]ncc1C#CCCCN. The molecule has 5 N–H and O–H groups in total. The van der Waals surface area contributed by atoms with Crippen LogP contribution in [0.3, 0.4) is 0 Å². The first-order chi connectivity index (χ1) is 7.88. The number of allylic oxidation sites excluding steroid dienone is 1. The van der Waals surface area contributed by atoms with Crippen LogP contribution in [-0.2, 0) is 0 Å². The first kappa shape index (κ1) is 12.0. The Hall–Kier alpha value is -2.06. The van der Waals surface area contributed by atoms with Crippen molar-refractivity contribution < 1.29 is 0 Å². The average molecular weight is 217 g/mol. The molecule has 0 saturated heterocycles. The van der Waals surface area contributed by atoms with Crippen LogP contribution >= 0.6 is 0 Å². The largest absolute Gasteiger partial charge is 0.405 e. The van der Waals surface area contributed by atoms with Gasteiger partial charge < -0.3 is 11.5 Å². The summed E-state index contributed by atoms with van der Waals surface area (Å²) in [6.45, 7) is 0.659. The number of hydrogen-bond acceptors (Lipinski definition) is 4. The molecule has 1 rings (SSSR count). The van der Waals surface area contributed by atoms with Crippen molar-refractivity contribution >= 4 is 12.0 Å². The Labute approximate surface area is 94.6 Å². The summed E-state index contributed by atoms with van der Waals surface area (Å²) in [4.78, 5) is 4.12. The van der Waals surface area contributed by atoms with Crippen molar-refractivity contribution in [1.29, 1.82) is 0 Å². The summed E-state index contributed by atoms with van der Waals surface area (Å²) in [7, 11) is 0. The third-order valence-corrected chi connectivity index (χ3v) is 1.75. The summed E-state index contributed by atoms with van der Waals surface area (Å²) < 4.78 is 0. The van der Waals surface area contributed by atoms with Gasteiger partial charge in [-0.1, -0.05) is 11.8 Å². The molecule has 0 aromatic carbocycles. The summed E-state index contributed by atoms with van der Waals surface area (Å²) in [5, 5.41) is 6.63. The first-order valence-corrected chi connectivity index (χ1v) is 5.01. The molecule has 1 aromatic heterocycles. The van der Waals surface area contributed by atoms with Gasteiger partial charge in [0.1, 0.15) is 0 Å². The molecule has 0 radical (unpaired) electrons. The molecule has 0 unspecified atom stereocenters. The molecular formula is C11H15N5. The lowest BCUT2D eigenvalue weighted by Gasteiger charge is -1.87. The lowest BCUT2D eigenvalue weighted by Crippen LogP contribution is -1.96. The van der Waals surface area contributed by atoms with Gasteiger partial charge in [0.05, 0.1) is 11.8 Å². The van der Waals surface area contributed by atoms with Crippen LogP contribution < -0.4 is 11.5 Å². The first-order valence-electron chi connectivity index (χ1n) is 5.01. The van der Waals surface area contributed by atoms with Crippen LogP contribution in [0.2, 0.25) is 0 Å². The van der Waals surface area contributed by atoms with E-state index >= 15 is 0 Å². The molecule has 0 bridgehead atoms. The number of aromatic nitrogens is 2. The standard InChI is InChI=1S/C11H15N5/c12-6-3-1-2-5-10-9-15-16-11(10)14-8-4-7-13/h4,7-9H,1,3,6,12-13H2,(H,15,16). The van der Waals surface area contributed by atoms with Crippen LogP contribution in [0.15, 0.2) is 23.5 Å². The zero-order chi connectivity index (χ0) is 11.6. The van der Waals surface area contributed by atoms with E-state index in [0.29, 0.717) is 12.4 Å². The molecule has 0 saturated carbocycles. The predicted molar refractivity (Wildman–Crippen MR) is 65.2 cm³/mol. The van der Waals surface area contributed by atoms with Crippen LogP contribution in [0.5, 0.6) is 0 Å². The molecule has 1 heterocycles. The van der Waals surface area contributed by atoms with Gasteiger partial charge in [-0.25, -0.2) is 4.99 Å². The van der Waals surface area contributed by atoms with Crippen LogP contribution in [0, 0.1) is 11.8 Å². The van der Waals surface area contributed by atoms with Gasteiger partial charge in [-0.05, 0) is 25.2 Å². The number of nitrogens with one attached hydrogen (secondary N) is 1. The minimum Gasteiger partial charge on any atom is -0.405 e. The molecule has 0 atom stereocenters. The molecule has 0 spiro atoms. The van der Waals surface area contributed by atoms with Gasteiger partial charge in [0.15, 0.2) is 5.82 Å². The number of hydrogen-bond donors (Lipinski definition) is 3. The molecule has 0 fully saturated rings. The van der Waals surface area contributed by atoms with Crippen molar-refractivity contribution in [2.45, 2.75) is 12.8 Å². The second-order valence-electron chi connectivity index (χ2n) is 2.99. The third kappa shape index (κ3) is 3.98. The molecule has 16 heavy (non-hydrogen) atoms. The van der Waals surface area contributed by atoms with Crippen molar-refractivity contribution in [2.75, 3.05) is 6.54 Å². The van der Waals surface area contributed by atoms with E-state index < -0.39 is 0 Å². The molecule has 5 nitrogen and oxygen atoms in total. The van der Waals surface area contributed by atoms with Crippen LogP contribution in [-0.4, -0.2) is 23.0 Å². The third-order valence-electron chi connectivity index (χ3n) is 1.75. The summed E-state index contributed by atoms with van der Waals surface area (Å²) in [5.41, 5.74) is 11.3. The Bertz CT molecular complexity index is 419. The van der Waals surface area contributed by atoms with Gasteiger partial charge in [-0.2, -0.15) is 5.10 Å². The van der Waals surface area contributed by atoms with Gasteiger partial charge in [0, 0.05) is 12.6 Å². The number of H-pyrrole nitrogens is 1. The quantitative estimate of drug-likeness (QED) is 0.393. The van der Waals surface area contributed by atoms with Crippen molar-refractivity contribution in [3.8, 4) is 11.8 Å². The van der Waals surface area contributed by atoms with Crippen molar-refractivity contribution in [3.63, 3.8) is 0 Å². The molecule has 0 aliphatic carbocycles. The van der Waals surface area contributed by atoms with E-state index in [9.17, 15) is 0 Å². The Morgan fingerprint density at radius 3 is 3.19 bits per heavy atom. The van der Waals surface area contributed by atoms with Crippen LogP contribution in [0.25, 0.3) is 0 Å². The normalized spacial score (nSPS) is 10.8. The highest BCUT2D eigenvalue weighted by Gasteiger charge is 1.97. The molecule has 0 aliphatic rings. The number of aromatic amines is 1. The van der Waals surface area contributed by atoms with Crippen molar-refractivity contribution in [2.24, 2.45) is 16.5 Å². The Kier molecular flexibility index (Phi) is 5.45. The number of rotatable bonds is 4. The van der Waals surface area contributed by atoms with Crippen LogP contribution in [0.1, 0.15) is 18.4 Å². The van der Waals surface area contributed by atoms with E-state index in [0.717, 1.165) is 18.4 Å². The summed E-state index contributed by atoms with van der Waals surface area (Å²) >= 11 is 0. The summed E-state index contributed by atoms with van der Waals surface area (Å²) in [6.07, 6.45) is 7.96. The molecule has 0 aliphatic heterocycles. The topological polar surface area (TPSA) is 93.1 Å². The maximum absolute atomic E-state index is 5.37. The fourth-order valence-electron chi connectivity index (χ4n) is 0.985. The van der Waals surface area contributed by atoms with E-state index in [1.165, 1.54) is 6.20 Å². The number of nitrogens with zero attached hydrogens (tertiary/aromatic N) is 2. The van der Waals surface area contributed by atoms with Gasteiger partial charge >= 0.3 is 0 Å². The minimum absolute atomic E-state index is 0.637. The maximum atomic E-state index is 5.37. The lowest BCUT2D eigenvalue weighted by atomic mass is 10.3. The van der Waals surface area contributed by atoms with Crippen molar-refractivity contribution in [3.05, 3.63) is 24.0 Å². The Balaban J connectivity index is 2.65. The lowest BCUT2D eigenvalue weighted by molar-refractivity contribution is 0.870. The average Bonchev–Trinajstić information content (AvgIpc) is 2.73. The van der Waals surface area contributed by atoms with E-state index in [-0.39, 0.29) is 0 Å². The van der Waals surface area contributed by atoms with E-state index in [2.05, 4.69) is 27.0 Å². The number of unbranched alkanes of at least 4 members (excludes halogenated alkanes) is 1. The van der Waals surface area contributed by atoms with E-state index in [4.69, 9.17) is 11.5 Å². The van der Waals surface area contributed by atoms with Crippen LogP contribution in [0.4, 0.5) is 5.82 Å². The monoisotopic (exact) mass is 217 g/mol. The molecular weight excluding hydrogens is 202 g/mol. The Morgan fingerprint density at radius 2 is 2.44 bits per heavy atom. The smallest absolute Gasteiger partial charge is 0.163 e. The zero-order valence-corrected chi connectivity index (χ0v) is 8.98. The second-order valence-corrected chi connectivity index (χ2v) is 2.99. The zero-order valence-electron chi connectivity index (χ0n) is 8.98. The summed E-state index contributed by atoms with van der Waals surface area (Å²) in [5.74, 6) is 6.64. The van der Waals surface area contributed by atoms with E-state index in [1.807, 2.05) is 0 Å². The van der Waals surface area contributed by atoms with Gasteiger partial charge in [-0.15, -0.1) is 0 Å². The molecule has 5 heteroatoms. The van der Waals surface area contributed by atoms with Crippen molar-refractivity contribution in [1.82, 2.24) is 10.2 Å². The molecule has 0 amide bonds. The highest BCUT2D eigenvalue weighted by atomic mass is 15.2.